The maximum Gasteiger partial charge on any atom is 0.142 e. The minimum Gasteiger partial charge on any atom is -0.496 e. The number of aromatic amines is 1. The van der Waals surface area contributed by atoms with Gasteiger partial charge in [-0.2, -0.15) is 0 Å². The molecule has 3 heteroatoms. The lowest BCUT2D eigenvalue weighted by atomic mass is 10.0. The molecule has 4 aromatic carbocycles. The van der Waals surface area contributed by atoms with Crippen LogP contribution in [0.4, 0.5) is 0 Å². The molecule has 1 aromatic heterocycles. The van der Waals surface area contributed by atoms with Crippen LogP contribution in [-0.4, -0.2) is 17.1 Å². The Balaban J connectivity index is 1.80. The molecule has 1 N–H and O–H groups in total. The summed E-state index contributed by atoms with van der Waals surface area (Å²) < 4.78 is 5.71. The molecule has 0 atom stereocenters. The molecule has 29 heavy (non-hydrogen) atoms. The number of nitrogens with zero attached hydrogens (tertiary/aromatic N) is 1. The molecule has 0 fully saturated rings. The van der Waals surface area contributed by atoms with E-state index in [1.54, 1.807) is 7.11 Å². The summed E-state index contributed by atoms with van der Waals surface area (Å²) in [6, 6.07) is 33.0. The lowest BCUT2D eigenvalue weighted by molar-refractivity contribution is 0.416. The predicted octanol–water partition coefficient (Wildman–Crippen LogP) is 6.57. The van der Waals surface area contributed by atoms with Crippen LogP contribution in [0.5, 0.6) is 5.75 Å². The molecule has 140 valence electrons. The first-order valence-electron chi connectivity index (χ1n) is 9.62. The van der Waals surface area contributed by atoms with Crippen LogP contribution in [0.1, 0.15) is 0 Å². The molecule has 0 bridgehead atoms. The summed E-state index contributed by atoms with van der Waals surface area (Å²) in [7, 11) is 1.70. The van der Waals surface area contributed by atoms with E-state index in [2.05, 4.69) is 47.4 Å². The Morgan fingerprint density at radius 3 is 2.07 bits per heavy atom. The van der Waals surface area contributed by atoms with Crippen molar-refractivity contribution in [1.82, 2.24) is 9.97 Å². The van der Waals surface area contributed by atoms with Gasteiger partial charge in [0, 0.05) is 11.1 Å². The van der Waals surface area contributed by atoms with Gasteiger partial charge in [0.15, 0.2) is 0 Å². The van der Waals surface area contributed by atoms with Crippen LogP contribution < -0.4 is 4.74 Å². The summed E-state index contributed by atoms with van der Waals surface area (Å²) in [5, 5.41) is 2.27. The number of methoxy groups -OCH3 is 1. The first-order chi connectivity index (χ1) is 14.3. The van der Waals surface area contributed by atoms with Crippen LogP contribution >= 0.6 is 0 Å². The number of imidazole rings is 1. The summed E-state index contributed by atoms with van der Waals surface area (Å²) in [5.74, 6) is 1.60. The average Bonchev–Trinajstić information content (AvgIpc) is 3.24. The quantitative estimate of drug-likeness (QED) is 0.385. The fourth-order valence-corrected chi connectivity index (χ4v) is 3.78. The highest BCUT2D eigenvalue weighted by Gasteiger charge is 2.19. The van der Waals surface area contributed by atoms with Crippen molar-refractivity contribution in [2.45, 2.75) is 0 Å². The van der Waals surface area contributed by atoms with Crippen molar-refractivity contribution in [3.8, 4) is 39.7 Å². The van der Waals surface area contributed by atoms with Crippen LogP contribution in [0.15, 0.2) is 97.1 Å². The molecule has 1 heterocycles. The summed E-state index contributed by atoms with van der Waals surface area (Å²) in [5.41, 5.74) is 5.09. The molecule has 3 nitrogen and oxygen atoms in total. The fraction of sp³-hybridized carbons (Fsp3) is 0.0385. The monoisotopic (exact) mass is 376 g/mol. The lowest BCUT2D eigenvalue weighted by Crippen LogP contribution is -1.91. The smallest absolute Gasteiger partial charge is 0.142 e. The molecular formula is C26H20N2O. The second kappa shape index (κ2) is 7.28. The maximum absolute atomic E-state index is 5.71. The maximum atomic E-state index is 5.71. The molecule has 0 unspecified atom stereocenters. The first kappa shape index (κ1) is 17.3. The summed E-state index contributed by atoms with van der Waals surface area (Å²) in [6.45, 7) is 0. The Hall–Kier alpha value is -3.85. The van der Waals surface area contributed by atoms with E-state index in [0.29, 0.717) is 0 Å². The third-order valence-corrected chi connectivity index (χ3v) is 5.16. The van der Waals surface area contributed by atoms with Crippen molar-refractivity contribution in [1.29, 1.82) is 0 Å². The van der Waals surface area contributed by atoms with Gasteiger partial charge in [-0.25, -0.2) is 4.98 Å². The number of rotatable bonds is 4. The van der Waals surface area contributed by atoms with Crippen LogP contribution in [0.3, 0.4) is 0 Å². The third kappa shape index (κ3) is 3.07. The van der Waals surface area contributed by atoms with Crippen molar-refractivity contribution in [2.75, 3.05) is 7.11 Å². The Bertz CT molecular complexity index is 1220. The molecule has 0 saturated carbocycles. The van der Waals surface area contributed by atoms with Gasteiger partial charge in [-0.15, -0.1) is 0 Å². The highest BCUT2D eigenvalue weighted by Crippen LogP contribution is 2.39. The molecule has 0 saturated heterocycles. The molecule has 0 radical (unpaired) electrons. The zero-order valence-electron chi connectivity index (χ0n) is 16.1. The van der Waals surface area contributed by atoms with Gasteiger partial charge in [-0.05, 0) is 16.8 Å². The SMILES string of the molecule is COc1ccc2ccccc2c1-c1nc(-c2ccccc2)c(-c2ccccc2)[nH]1. The minimum absolute atomic E-state index is 0.802. The molecule has 5 aromatic rings. The number of hydrogen-bond acceptors (Lipinski definition) is 2. The van der Waals surface area contributed by atoms with Crippen molar-refractivity contribution in [3.63, 3.8) is 0 Å². The van der Waals surface area contributed by atoms with Gasteiger partial charge >= 0.3 is 0 Å². The van der Waals surface area contributed by atoms with Gasteiger partial charge in [-0.1, -0.05) is 91.0 Å². The normalized spacial score (nSPS) is 10.9. The molecule has 0 amide bonds. The van der Waals surface area contributed by atoms with E-state index in [-0.39, 0.29) is 0 Å². The molecular weight excluding hydrogens is 356 g/mol. The third-order valence-electron chi connectivity index (χ3n) is 5.16. The van der Waals surface area contributed by atoms with Gasteiger partial charge < -0.3 is 9.72 Å². The van der Waals surface area contributed by atoms with Crippen molar-refractivity contribution < 1.29 is 4.74 Å². The van der Waals surface area contributed by atoms with Gasteiger partial charge in [-0.3, -0.25) is 0 Å². The largest absolute Gasteiger partial charge is 0.496 e. The summed E-state index contributed by atoms with van der Waals surface area (Å²) >= 11 is 0. The lowest BCUT2D eigenvalue weighted by Gasteiger charge is -2.10. The summed E-state index contributed by atoms with van der Waals surface area (Å²) in [4.78, 5) is 8.64. The molecule has 0 aliphatic heterocycles. The molecule has 5 rings (SSSR count). The van der Waals surface area contributed by atoms with Gasteiger partial charge in [0.1, 0.15) is 11.6 Å². The van der Waals surface area contributed by atoms with E-state index >= 15 is 0 Å². The fourth-order valence-electron chi connectivity index (χ4n) is 3.78. The van der Waals surface area contributed by atoms with E-state index in [0.717, 1.165) is 50.4 Å². The zero-order valence-corrected chi connectivity index (χ0v) is 16.1. The van der Waals surface area contributed by atoms with Crippen LogP contribution in [-0.2, 0) is 0 Å². The number of nitrogens with one attached hydrogen (secondary N) is 1. The first-order valence-corrected chi connectivity index (χ1v) is 9.62. The second-order valence-corrected chi connectivity index (χ2v) is 6.91. The topological polar surface area (TPSA) is 37.9 Å². The van der Waals surface area contributed by atoms with Crippen molar-refractivity contribution >= 4 is 10.8 Å². The molecule has 0 aliphatic rings. The predicted molar refractivity (Wildman–Crippen MR) is 119 cm³/mol. The number of ether oxygens (including phenoxy) is 1. The summed E-state index contributed by atoms with van der Waals surface area (Å²) in [6.07, 6.45) is 0. The highest BCUT2D eigenvalue weighted by molar-refractivity contribution is 5.99. The van der Waals surface area contributed by atoms with E-state index < -0.39 is 0 Å². The Morgan fingerprint density at radius 2 is 1.34 bits per heavy atom. The Kier molecular flexibility index (Phi) is 4.34. The average molecular weight is 376 g/mol. The number of benzene rings is 4. The number of fused-ring (bicyclic) bond motifs is 1. The second-order valence-electron chi connectivity index (χ2n) is 6.91. The van der Waals surface area contributed by atoms with Gasteiger partial charge in [0.2, 0.25) is 0 Å². The standard InChI is InChI=1S/C26H20N2O/c1-29-22-17-16-18-10-8-9-15-21(18)23(22)26-27-24(19-11-4-2-5-12-19)25(28-26)20-13-6-3-7-14-20/h2-17H,1H3,(H,27,28). The van der Waals surface area contributed by atoms with Gasteiger partial charge in [0.25, 0.3) is 0 Å². The molecule has 0 aliphatic carbocycles. The van der Waals surface area contributed by atoms with E-state index in [4.69, 9.17) is 9.72 Å². The molecule has 0 spiro atoms. The van der Waals surface area contributed by atoms with Crippen molar-refractivity contribution in [2.24, 2.45) is 0 Å². The van der Waals surface area contributed by atoms with Crippen LogP contribution in [0.2, 0.25) is 0 Å². The Labute approximate surface area is 169 Å². The Morgan fingerprint density at radius 1 is 0.690 bits per heavy atom. The van der Waals surface area contributed by atoms with Crippen LogP contribution in [0, 0.1) is 0 Å². The zero-order chi connectivity index (χ0) is 19.6. The number of aromatic nitrogens is 2. The van der Waals surface area contributed by atoms with E-state index in [1.165, 1.54) is 0 Å². The van der Waals surface area contributed by atoms with Crippen molar-refractivity contribution in [3.05, 3.63) is 97.1 Å². The minimum atomic E-state index is 0.802. The van der Waals surface area contributed by atoms with Gasteiger partial charge in [0.05, 0.1) is 24.1 Å². The van der Waals surface area contributed by atoms with E-state index in [1.807, 2.05) is 54.6 Å². The number of hydrogen-bond donors (Lipinski definition) is 1. The number of H-pyrrole nitrogens is 1. The highest BCUT2D eigenvalue weighted by atomic mass is 16.5. The van der Waals surface area contributed by atoms with E-state index in [9.17, 15) is 0 Å². The van der Waals surface area contributed by atoms with Crippen LogP contribution in [0.25, 0.3) is 44.7 Å².